The molecule has 1 aliphatic rings. The van der Waals surface area contributed by atoms with Gasteiger partial charge in [-0.05, 0) is 30.2 Å². The van der Waals surface area contributed by atoms with Crippen molar-refractivity contribution in [2.45, 2.75) is 11.8 Å². The zero-order valence-electron chi connectivity index (χ0n) is 15.1. The van der Waals surface area contributed by atoms with Gasteiger partial charge in [0.2, 0.25) is 5.91 Å². The Morgan fingerprint density at radius 1 is 1.08 bits per heavy atom. The molecular formula is C19H22N2O4S. The van der Waals surface area contributed by atoms with E-state index >= 15 is 0 Å². The number of rotatable bonds is 7. The van der Waals surface area contributed by atoms with Gasteiger partial charge in [0.1, 0.15) is 11.1 Å². The van der Waals surface area contributed by atoms with E-state index < -0.39 is 0 Å². The minimum Gasteiger partial charge on any atom is -0.496 e. The normalized spacial score (nSPS) is 16.7. The van der Waals surface area contributed by atoms with Gasteiger partial charge >= 0.3 is 0 Å². The summed E-state index contributed by atoms with van der Waals surface area (Å²) >= 11 is 1.60. The number of aromatic nitrogens is 1. The molecule has 1 aromatic heterocycles. The summed E-state index contributed by atoms with van der Waals surface area (Å²) in [5.74, 6) is 2.50. The molecule has 1 aliphatic heterocycles. The largest absolute Gasteiger partial charge is 0.496 e. The van der Waals surface area contributed by atoms with E-state index in [-0.39, 0.29) is 11.3 Å². The van der Waals surface area contributed by atoms with Crippen molar-refractivity contribution in [3.8, 4) is 17.2 Å². The minimum absolute atomic E-state index is 0.112. The van der Waals surface area contributed by atoms with Crippen LogP contribution in [-0.2, 0) is 11.2 Å². The van der Waals surface area contributed by atoms with Crippen molar-refractivity contribution in [1.29, 1.82) is 0 Å². The Balaban J connectivity index is 1.87. The summed E-state index contributed by atoms with van der Waals surface area (Å²) in [4.78, 5) is 18.4. The fourth-order valence-electron chi connectivity index (χ4n) is 3.00. The van der Waals surface area contributed by atoms with Gasteiger partial charge < -0.3 is 19.1 Å². The molecule has 3 rings (SSSR count). The maximum atomic E-state index is 12.5. The number of nitrogens with zero attached hydrogens (tertiary/aromatic N) is 2. The number of carbonyl (C=O) groups excluding carboxylic acids is 1. The van der Waals surface area contributed by atoms with Crippen molar-refractivity contribution in [2.75, 3.05) is 33.6 Å². The first-order valence-electron chi connectivity index (χ1n) is 8.27. The van der Waals surface area contributed by atoms with Gasteiger partial charge in [-0.25, -0.2) is 0 Å². The van der Waals surface area contributed by atoms with Crippen molar-refractivity contribution in [3.05, 3.63) is 47.8 Å². The highest BCUT2D eigenvalue weighted by atomic mass is 32.2. The predicted octanol–water partition coefficient (Wildman–Crippen LogP) is 2.92. The van der Waals surface area contributed by atoms with Crippen LogP contribution in [0.15, 0.2) is 36.7 Å². The van der Waals surface area contributed by atoms with Crippen molar-refractivity contribution < 1.29 is 19.0 Å². The van der Waals surface area contributed by atoms with Crippen LogP contribution < -0.4 is 14.2 Å². The summed E-state index contributed by atoms with van der Waals surface area (Å²) in [6.45, 7) is 0.637. The molecule has 2 aromatic rings. The second-order valence-corrected chi connectivity index (χ2v) is 6.87. The standard InChI is InChI=1S/C19H22N2O4S/c1-23-15-11-17(25-3)16(24-2)10-14(15)19-21(18(22)12-26-19)9-6-13-4-7-20-8-5-13/h4-5,7-8,10-11,19H,6,9,12H2,1-3H3. The summed E-state index contributed by atoms with van der Waals surface area (Å²) < 4.78 is 16.3. The number of thioether (sulfide) groups is 1. The fourth-order valence-corrected chi connectivity index (χ4v) is 4.23. The molecule has 1 unspecified atom stereocenters. The lowest BCUT2D eigenvalue weighted by Crippen LogP contribution is -2.30. The molecule has 7 heteroatoms. The van der Waals surface area contributed by atoms with Crippen molar-refractivity contribution in [2.24, 2.45) is 0 Å². The number of hydrogen-bond donors (Lipinski definition) is 0. The van der Waals surface area contributed by atoms with Gasteiger partial charge in [0.25, 0.3) is 0 Å². The molecule has 1 saturated heterocycles. The fraction of sp³-hybridized carbons (Fsp3) is 0.368. The Bertz CT molecular complexity index is 770. The third kappa shape index (κ3) is 3.72. The van der Waals surface area contributed by atoms with Gasteiger partial charge in [-0.3, -0.25) is 9.78 Å². The molecule has 0 saturated carbocycles. The number of ether oxygens (including phenoxy) is 3. The van der Waals surface area contributed by atoms with Gasteiger partial charge in [-0.1, -0.05) is 0 Å². The van der Waals surface area contributed by atoms with E-state index in [0.717, 1.165) is 17.5 Å². The van der Waals surface area contributed by atoms with Crippen LogP contribution in [0, 0.1) is 0 Å². The van der Waals surface area contributed by atoms with Gasteiger partial charge in [-0.15, -0.1) is 11.8 Å². The molecule has 6 nitrogen and oxygen atoms in total. The average molecular weight is 374 g/mol. The average Bonchev–Trinajstić information content (AvgIpc) is 3.06. The summed E-state index contributed by atoms with van der Waals surface area (Å²) in [6.07, 6.45) is 4.32. The lowest BCUT2D eigenvalue weighted by atomic mass is 10.1. The van der Waals surface area contributed by atoms with Gasteiger partial charge in [0, 0.05) is 30.6 Å². The number of hydrogen-bond acceptors (Lipinski definition) is 6. The van der Waals surface area contributed by atoms with Crippen LogP contribution in [0.1, 0.15) is 16.5 Å². The second kappa shape index (κ2) is 8.31. The van der Waals surface area contributed by atoms with Crippen molar-refractivity contribution in [1.82, 2.24) is 9.88 Å². The molecule has 0 aliphatic carbocycles. The molecule has 138 valence electrons. The maximum absolute atomic E-state index is 12.5. The Labute approximate surface area is 157 Å². The zero-order chi connectivity index (χ0) is 18.5. The van der Waals surface area contributed by atoms with Crippen LogP contribution >= 0.6 is 11.8 Å². The van der Waals surface area contributed by atoms with Gasteiger partial charge in [0.15, 0.2) is 11.5 Å². The Morgan fingerprint density at radius 2 is 1.73 bits per heavy atom. The number of methoxy groups -OCH3 is 3. The summed E-state index contributed by atoms with van der Waals surface area (Å²) in [5, 5.41) is -0.112. The summed E-state index contributed by atoms with van der Waals surface area (Å²) in [7, 11) is 4.81. The highest BCUT2D eigenvalue weighted by Gasteiger charge is 2.35. The molecule has 1 aromatic carbocycles. The highest BCUT2D eigenvalue weighted by Crippen LogP contribution is 2.46. The second-order valence-electron chi connectivity index (χ2n) is 5.81. The smallest absolute Gasteiger partial charge is 0.233 e. The zero-order valence-corrected chi connectivity index (χ0v) is 15.9. The van der Waals surface area contributed by atoms with E-state index in [1.807, 2.05) is 23.1 Å². The Hall–Kier alpha value is -2.41. The maximum Gasteiger partial charge on any atom is 0.233 e. The van der Waals surface area contributed by atoms with E-state index in [1.165, 1.54) is 0 Å². The van der Waals surface area contributed by atoms with Crippen LogP contribution in [0.5, 0.6) is 17.2 Å². The molecule has 2 heterocycles. The molecule has 0 bridgehead atoms. The topological polar surface area (TPSA) is 60.9 Å². The van der Waals surface area contributed by atoms with E-state index in [0.29, 0.717) is 29.5 Å². The van der Waals surface area contributed by atoms with Crippen molar-refractivity contribution in [3.63, 3.8) is 0 Å². The lowest BCUT2D eigenvalue weighted by molar-refractivity contribution is -0.128. The molecule has 1 fully saturated rings. The quantitative estimate of drug-likeness (QED) is 0.743. The molecule has 26 heavy (non-hydrogen) atoms. The van der Waals surface area contributed by atoms with Crippen LogP contribution in [0.2, 0.25) is 0 Å². The van der Waals surface area contributed by atoms with Crippen LogP contribution in [0.25, 0.3) is 0 Å². The third-order valence-electron chi connectivity index (χ3n) is 4.36. The van der Waals surface area contributed by atoms with Crippen molar-refractivity contribution >= 4 is 17.7 Å². The first-order chi connectivity index (χ1) is 12.7. The van der Waals surface area contributed by atoms with Crippen LogP contribution in [-0.4, -0.2) is 49.4 Å². The highest BCUT2D eigenvalue weighted by molar-refractivity contribution is 8.00. The Morgan fingerprint density at radius 3 is 2.38 bits per heavy atom. The first-order valence-corrected chi connectivity index (χ1v) is 9.32. The number of pyridine rings is 1. The SMILES string of the molecule is COc1cc(OC)c(C2SCC(=O)N2CCc2ccncc2)cc1OC. The van der Waals surface area contributed by atoms with E-state index in [2.05, 4.69) is 4.98 Å². The van der Waals surface area contributed by atoms with Gasteiger partial charge in [-0.2, -0.15) is 0 Å². The molecular weight excluding hydrogens is 352 g/mol. The van der Waals surface area contributed by atoms with E-state index in [4.69, 9.17) is 14.2 Å². The van der Waals surface area contributed by atoms with Crippen LogP contribution in [0.4, 0.5) is 0 Å². The number of amides is 1. The first kappa shape index (κ1) is 18.4. The molecule has 0 spiro atoms. The summed E-state index contributed by atoms with van der Waals surface area (Å²) in [5.41, 5.74) is 2.07. The van der Waals surface area contributed by atoms with Gasteiger partial charge in [0.05, 0.1) is 27.1 Å². The summed E-state index contributed by atoms with van der Waals surface area (Å²) in [6, 6.07) is 7.64. The molecule has 1 atom stereocenters. The molecule has 0 radical (unpaired) electrons. The Kier molecular flexibility index (Phi) is 5.88. The predicted molar refractivity (Wildman–Crippen MR) is 101 cm³/mol. The monoisotopic (exact) mass is 374 g/mol. The van der Waals surface area contributed by atoms with E-state index in [9.17, 15) is 4.79 Å². The number of benzene rings is 1. The lowest BCUT2D eigenvalue weighted by Gasteiger charge is -2.26. The third-order valence-corrected chi connectivity index (χ3v) is 5.60. The number of carbonyl (C=O) groups is 1. The molecule has 1 amide bonds. The van der Waals surface area contributed by atoms with E-state index in [1.54, 1.807) is 51.6 Å². The molecule has 0 N–H and O–H groups in total. The minimum atomic E-state index is -0.112. The van der Waals surface area contributed by atoms with Crippen LogP contribution in [0.3, 0.4) is 0 Å².